The van der Waals surface area contributed by atoms with Crippen LogP contribution >= 0.6 is 0 Å². The number of anilines is 1. The molecule has 1 aliphatic heterocycles. The van der Waals surface area contributed by atoms with Crippen molar-refractivity contribution in [1.82, 2.24) is 15.5 Å². The van der Waals surface area contributed by atoms with Gasteiger partial charge in [0, 0.05) is 20.3 Å². The summed E-state index contributed by atoms with van der Waals surface area (Å²) in [7, 11) is 1.67. The minimum absolute atomic E-state index is 0.127. The number of nitrogens with one attached hydrogen (secondary N) is 2. The molecule has 0 saturated carbocycles. The van der Waals surface area contributed by atoms with Gasteiger partial charge in [-0.05, 0) is 20.3 Å². The first-order valence-corrected chi connectivity index (χ1v) is 6.56. The van der Waals surface area contributed by atoms with Crippen molar-refractivity contribution in [2.75, 3.05) is 32.2 Å². The molecule has 108 valence electrons. The van der Waals surface area contributed by atoms with E-state index in [1.807, 2.05) is 6.92 Å². The Hall–Kier alpha value is -1.18. The van der Waals surface area contributed by atoms with Gasteiger partial charge in [-0.1, -0.05) is 5.10 Å². The number of methoxy groups -OCH3 is 1. The third-order valence-corrected chi connectivity index (χ3v) is 3.51. The molecule has 2 atom stereocenters. The summed E-state index contributed by atoms with van der Waals surface area (Å²) in [6.45, 7) is 6.86. The summed E-state index contributed by atoms with van der Waals surface area (Å²) in [5.74, 6) is 0.564. The van der Waals surface area contributed by atoms with Gasteiger partial charge in [0.05, 0.1) is 24.8 Å². The van der Waals surface area contributed by atoms with Crippen LogP contribution in [0.25, 0.3) is 0 Å². The smallest absolute Gasteiger partial charge is 0.316 e. The van der Waals surface area contributed by atoms with Crippen molar-refractivity contribution in [2.45, 2.75) is 38.5 Å². The lowest BCUT2D eigenvalue weighted by Crippen LogP contribution is -2.41. The highest BCUT2D eigenvalue weighted by Gasteiger charge is 2.38. The maximum absolute atomic E-state index is 5.56. The molecule has 1 aromatic rings. The normalized spacial score (nSPS) is 26.8. The summed E-state index contributed by atoms with van der Waals surface area (Å²) in [4.78, 5) is 0. The van der Waals surface area contributed by atoms with Crippen LogP contribution in [0.5, 0.6) is 0 Å². The Morgan fingerprint density at radius 3 is 3.00 bits per heavy atom. The summed E-state index contributed by atoms with van der Waals surface area (Å²) in [5.41, 5.74) is -0.146. The molecule has 0 bridgehead atoms. The number of hydrogen-bond acceptors (Lipinski definition) is 7. The molecular weight excluding hydrogens is 248 g/mol. The van der Waals surface area contributed by atoms with Crippen molar-refractivity contribution in [3.63, 3.8) is 0 Å². The van der Waals surface area contributed by atoms with E-state index >= 15 is 0 Å². The largest absolute Gasteiger partial charge is 0.407 e. The van der Waals surface area contributed by atoms with Crippen LogP contribution in [0.4, 0.5) is 6.01 Å². The van der Waals surface area contributed by atoms with Crippen molar-refractivity contribution in [2.24, 2.45) is 0 Å². The van der Waals surface area contributed by atoms with E-state index in [1.54, 1.807) is 7.11 Å². The van der Waals surface area contributed by atoms with Gasteiger partial charge >= 0.3 is 6.01 Å². The molecule has 7 nitrogen and oxygen atoms in total. The van der Waals surface area contributed by atoms with E-state index < -0.39 is 0 Å². The highest BCUT2D eigenvalue weighted by molar-refractivity contribution is 5.25. The van der Waals surface area contributed by atoms with Crippen molar-refractivity contribution in [3.8, 4) is 0 Å². The maximum Gasteiger partial charge on any atom is 0.316 e. The zero-order valence-electron chi connectivity index (χ0n) is 11.7. The number of nitrogens with zero attached hydrogens (tertiary/aromatic N) is 2. The van der Waals surface area contributed by atoms with Gasteiger partial charge in [0.25, 0.3) is 0 Å². The molecule has 1 saturated heterocycles. The summed E-state index contributed by atoms with van der Waals surface area (Å²) < 4.78 is 16.1. The van der Waals surface area contributed by atoms with E-state index in [1.165, 1.54) is 0 Å². The van der Waals surface area contributed by atoms with Crippen LogP contribution in [0.1, 0.15) is 26.2 Å². The fourth-order valence-corrected chi connectivity index (χ4v) is 1.99. The molecule has 2 unspecified atom stereocenters. The molecule has 0 amide bonds. The third kappa shape index (κ3) is 3.65. The second-order valence-electron chi connectivity index (χ2n) is 4.98. The Kier molecular flexibility index (Phi) is 4.73. The van der Waals surface area contributed by atoms with Crippen LogP contribution < -0.4 is 10.6 Å². The van der Waals surface area contributed by atoms with Crippen molar-refractivity contribution in [3.05, 3.63) is 5.89 Å². The zero-order valence-corrected chi connectivity index (χ0v) is 11.7. The van der Waals surface area contributed by atoms with Gasteiger partial charge in [-0.3, -0.25) is 0 Å². The maximum atomic E-state index is 5.56. The Balaban J connectivity index is 1.83. The van der Waals surface area contributed by atoms with E-state index in [2.05, 4.69) is 27.8 Å². The summed E-state index contributed by atoms with van der Waals surface area (Å²) in [6.07, 6.45) is 1.06. The molecule has 0 aromatic carbocycles. The Bertz CT molecular complexity index is 398. The SMILES string of the molecule is COCCNCc1nnc(NC2(C)CCOC2C)o1. The van der Waals surface area contributed by atoms with Crippen LogP contribution in [0, 0.1) is 0 Å². The van der Waals surface area contributed by atoms with E-state index in [4.69, 9.17) is 13.9 Å². The lowest BCUT2D eigenvalue weighted by atomic mass is 9.95. The van der Waals surface area contributed by atoms with Crippen LogP contribution in [0.15, 0.2) is 4.42 Å². The topological polar surface area (TPSA) is 81.4 Å². The minimum Gasteiger partial charge on any atom is -0.407 e. The van der Waals surface area contributed by atoms with E-state index in [0.29, 0.717) is 25.1 Å². The first kappa shape index (κ1) is 14.2. The zero-order chi connectivity index (χ0) is 13.7. The number of ether oxygens (including phenoxy) is 2. The van der Waals surface area contributed by atoms with Gasteiger partial charge in [-0.25, -0.2) is 0 Å². The van der Waals surface area contributed by atoms with Crippen molar-refractivity contribution < 1.29 is 13.9 Å². The molecule has 2 N–H and O–H groups in total. The molecule has 1 aliphatic rings. The van der Waals surface area contributed by atoms with Crippen LogP contribution in [-0.2, 0) is 16.0 Å². The lowest BCUT2D eigenvalue weighted by molar-refractivity contribution is 0.104. The predicted octanol–water partition coefficient (Wildman–Crippen LogP) is 0.785. The van der Waals surface area contributed by atoms with Gasteiger partial charge < -0.3 is 24.5 Å². The molecule has 1 fully saturated rings. The Morgan fingerprint density at radius 2 is 2.32 bits per heavy atom. The summed E-state index contributed by atoms with van der Waals surface area (Å²) in [6, 6.07) is 0.448. The molecule has 19 heavy (non-hydrogen) atoms. The first-order chi connectivity index (χ1) is 9.14. The van der Waals surface area contributed by atoms with Gasteiger partial charge in [-0.2, -0.15) is 0 Å². The fourth-order valence-electron chi connectivity index (χ4n) is 1.99. The molecule has 0 radical (unpaired) electrons. The van der Waals surface area contributed by atoms with Crippen molar-refractivity contribution in [1.29, 1.82) is 0 Å². The van der Waals surface area contributed by atoms with Gasteiger partial charge in [-0.15, -0.1) is 5.10 Å². The molecule has 2 rings (SSSR count). The molecule has 0 spiro atoms. The summed E-state index contributed by atoms with van der Waals surface area (Å²) >= 11 is 0. The number of rotatable bonds is 7. The van der Waals surface area contributed by atoms with Crippen LogP contribution in [0.2, 0.25) is 0 Å². The summed E-state index contributed by atoms with van der Waals surface area (Å²) in [5, 5.41) is 14.4. The Labute approximate surface area is 113 Å². The molecule has 0 aliphatic carbocycles. The highest BCUT2D eigenvalue weighted by Crippen LogP contribution is 2.28. The monoisotopic (exact) mass is 270 g/mol. The van der Waals surface area contributed by atoms with Gasteiger partial charge in [0.15, 0.2) is 0 Å². The van der Waals surface area contributed by atoms with E-state index in [9.17, 15) is 0 Å². The van der Waals surface area contributed by atoms with Gasteiger partial charge in [0.2, 0.25) is 5.89 Å². The van der Waals surface area contributed by atoms with E-state index in [-0.39, 0.29) is 11.6 Å². The standard InChI is InChI=1S/C12H22N4O3/c1-9-12(2,4-6-18-9)14-11-16-15-10(19-11)8-13-5-7-17-3/h9,13H,4-8H2,1-3H3,(H,14,16). The minimum atomic E-state index is -0.146. The van der Waals surface area contributed by atoms with Gasteiger partial charge in [0.1, 0.15) is 0 Å². The average molecular weight is 270 g/mol. The van der Waals surface area contributed by atoms with Crippen molar-refractivity contribution >= 4 is 6.01 Å². The van der Waals surface area contributed by atoms with Crippen LogP contribution in [-0.4, -0.2) is 48.7 Å². The van der Waals surface area contributed by atoms with Crippen LogP contribution in [0.3, 0.4) is 0 Å². The number of aromatic nitrogens is 2. The second-order valence-corrected chi connectivity index (χ2v) is 4.98. The molecule has 7 heteroatoms. The van der Waals surface area contributed by atoms with E-state index in [0.717, 1.165) is 19.6 Å². The fraction of sp³-hybridized carbons (Fsp3) is 0.833. The quantitative estimate of drug-likeness (QED) is 0.709. The molecule has 2 heterocycles. The lowest BCUT2D eigenvalue weighted by Gasteiger charge is -2.27. The first-order valence-electron chi connectivity index (χ1n) is 6.56. The predicted molar refractivity (Wildman–Crippen MR) is 69.9 cm³/mol. The molecular formula is C12H22N4O3. The molecule has 1 aromatic heterocycles. The highest BCUT2D eigenvalue weighted by atomic mass is 16.5. The average Bonchev–Trinajstić information content (AvgIpc) is 2.94. The number of hydrogen-bond donors (Lipinski definition) is 2. The second kappa shape index (κ2) is 6.31. The Morgan fingerprint density at radius 1 is 1.47 bits per heavy atom. The third-order valence-electron chi connectivity index (χ3n) is 3.51.